The molecular weight excluding hydrogens is 400 g/mol. The van der Waals surface area contributed by atoms with Gasteiger partial charge < -0.3 is 0 Å². The van der Waals surface area contributed by atoms with Crippen molar-refractivity contribution in [3.8, 4) is 5.00 Å². The fourth-order valence-corrected chi connectivity index (χ4v) is 4.24. The molecule has 6 heteroatoms. The third-order valence-corrected chi connectivity index (χ3v) is 5.64. The van der Waals surface area contributed by atoms with Gasteiger partial charge in [-0.15, -0.1) is 28.1 Å². The van der Waals surface area contributed by atoms with Gasteiger partial charge in [-0.25, -0.2) is 0 Å². The summed E-state index contributed by atoms with van der Waals surface area (Å²) in [6.07, 6.45) is 0. The standard InChI is InChI=1S/C17H15ClN4S.C4H8.C2H6/c1-9-10(2)23-17-15(9)16(12-4-6-13(18)7-5-12)19-8-14-21-20-11(3)22(14)17;1-4(2)3;1-2/h4-7H,8H2,1-3H3;1H2,2-3H3;1-2H3. The first-order valence-electron chi connectivity index (χ1n) is 9.73. The van der Waals surface area contributed by atoms with E-state index in [0.29, 0.717) is 6.54 Å². The van der Waals surface area contributed by atoms with Crippen molar-refractivity contribution in [3.05, 3.63) is 74.7 Å². The summed E-state index contributed by atoms with van der Waals surface area (Å²) >= 11 is 7.80. The summed E-state index contributed by atoms with van der Waals surface area (Å²) in [4.78, 5) is 6.14. The number of nitrogens with zero attached hydrogens (tertiary/aromatic N) is 4. The lowest BCUT2D eigenvalue weighted by Gasteiger charge is -2.09. The number of benzene rings is 1. The normalized spacial score (nSPS) is 11.7. The van der Waals surface area contributed by atoms with Crippen LogP contribution in [0.4, 0.5) is 0 Å². The van der Waals surface area contributed by atoms with Gasteiger partial charge >= 0.3 is 0 Å². The van der Waals surface area contributed by atoms with E-state index in [4.69, 9.17) is 16.6 Å². The van der Waals surface area contributed by atoms with Gasteiger partial charge in [0.1, 0.15) is 17.4 Å². The lowest BCUT2D eigenvalue weighted by molar-refractivity contribution is 0.869. The molecule has 1 aromatic carbocycles. The van der Waals surface area contributed by atoms with E-state index in [0.717, 1.165) is 32.9 Å². The number of allylic oxidation sites excluding steroid dienone is 1. The SMILES string of the molecule is C=C(C)C.CC.Cc1sc2c(c1C)C(c1ccc(Cl)cc1)=NCc1nnc(C)n1-2. The molecule has 0 N–H and O–H groups in total. The minimum atomic E-state index is 0.526. The minimum Gasteiger partial charge on any atom is -0.276 e. The molecule has 0 amide bonds. The van der Waals surface area contributed by atoms with Crippen LogP contribution in [0.25, 0.3) is 5.00 Å². The van der Waals surface area contributed by atoms with E-state index < -0.39 is 0 Å². The van der Waals surface area contributed by atoms with E-state index in [1.807, 2.05) is 58.9 Å². The number of rotatable bonds is 1. The highest BCUT2D eigenvalue weighted by atomic mass is 35.5. The van der Waals surface area contributed by atoms with E-state index in [2.05, 4.69) is 35.2 Å². The van der Waals surface area contributed by atoms with Crippen LogP contribution >= 0.6 is 22.9 Å². The van der Waals surface area contributed by atoms with Gasteiger partial charge in [-0.2, -0.15) is 0 Å². The van der Waals surface area contributed by atoms with Crippen molar-refractivity contribution in [2.45, 2.75) is 55.0 Å². The van der Waals surface area contributed by atoms with Gasteiger partial charge in [-0.3, -0.25) is 9.56 Å². The maximum absolute atomic E-state index is 6.03. The molecule has 0 aliphatic carbocycles. The maximum Gasteiger partial charge on any atom is 0.160 e. The van der Waals surface area contributed by atoms with E-state index in [-0.39, 0.29) is 0 Å². The first-order valence-corrected chi connectivity index (χ1v) is 10.9. The van der Waals surface area contributed by atoms with Crippen molar-refractivity contribution in [2.24, 2.45) is 4.99 Å². The lowest BCUT2D eigenvalue weighted by atomic mass is 10.00. The molecule has 2 aromatic heterocycles. The zero-order valence-corrected chi connectivity index (χ0v) is 19.9. The summed E-state index contributed by atoms with van der Waals surface area (Å²) in [5, 5.41) is 10.4. The molecule has 0 unspecified atom stereocenters. The first kappa shape index (κ1) is 23.0. The number of aromatic nitrogens is 3. The van der Waals surface area contributed by atoms with Crippen LogP contribution in [0, 0.1) is 20.8 Å². The summed E-state index contributed by atoms with van der Waals surface area (Å²) in [7, 11) is 0. The highest BCUT2D eigenvalue weighted by molar-refractivity contribution is 7.15. The molecule has 4 nitrogen and oxygen atoms in total. The largest absolute Gasteiger partial charge is 0.276 e. The summed E-state index contributed by atoms with van der Waals surface area (Å²) in [6.45, 7) is 18.3. The van der Waals surface area contributed by atoms with Crippen molar-refractivity contribution >= 4 is 28.6 Å². The molecule has 1 aliphatic heterocycles. The average Bonchev–Trinajstić information content (AvgIpc) is 3.12. The van der Waals surface area contributed by atoms with E-state index in [9.17, 15) is 0 Å². The van der Waals surface area contributed by atoms with E-state index in [1.54, 1.807) is 11.3 Å². The van der Waals surface area contributed by atoms with Crippen LogP contribution in [-0.2, 0) is 6.54 Å². The quantitative estimate of drug-likeness (QED) is 0.397. The smallest absolute Gasteiger partial charge is 0.160 e. The summed E-state index contributed by atoms with van der Waals surface area (Å²) < 4.78 is 2.13. The number of halogens is 1. The molecule has 0 bridgehead atoms. The Morgan fingerprint density at radius 3 is 2.24 bits per heavy atom. The fourth-order valence-electron chi connectivity index (χ4n) is 2.89. The Balaban J connectivity index is 0.000000449. The van der Waals surface area contributed by atoms with Gasteiger partial charge in [0.2, 0.25) is 0 Å². The first-order chi connectivity index (χ1) is 13.8. The Labute approximate surface area is 183 Å². The predicted molar refractivity (Wildman–Crippen MR) is 126 cm³/mol. The fraction of sp³-hybridized carbons (Fsp3) is 0.348. The van der Waals surface area contributed by atoms with Crippen LogP contribution in [0.5, 0.6) is 0 Å². The minimum absolute atomic E-state index is 0.526. The second-order valence-electron chi connectivity index (χ2n) is 6.84. The number of fused-ring (bicyclic) bond motifs is 3. The van der Waals surface area contributed by atoms with Gasteiger partial charge in [0, 0.05) is 21.0 Å². The molecule has 0 saturated carbocycles. The molecule has 1 aliphatic rings. The molecular formula is C23H29ClN4S. The third kappa shape index (κ3) is 5.03. The van der Waals surface area contributed by atoms with Gasteiger partial charge in [0.15, 0.2) is 5.82 Å². The molecule has 29 heavy (non-hydrogen) atoms. The highest BCUT2D eigenvalue weighted by Gasteiger charge is 2.26. The molecule has 0 atom stereocenters. The monoisotopic (exact) mass is 428 g/mol. The van der Waals surface area contributed by atoms with Crippen LogP contribution < -0.4 is 0 Å². The molecule has 0 saturated heterocycles. The Morgan fingerprint density at radius 1 is 1.07 bits per heavy atom. The highest BCUT2D eigenvalue weighted by Crippen LogP contribution is 2.36. The molecule has 3 aromatic rings. The van der Waals surface area contributed by atoms with E-state index in [1.165, 1.54) is 21.6 Å². The molecule has 0 fully saturated rings. The maximum atomic E-state index is 6.03. The summed E-state index contributed by atoms with van der Waals surface area (Å²) in [5.74, 6) is 1.78. The molecule has 4 rings (SSSR count). The van der Waals surface area contributed by atoms with Gasteiger partial charge in [-0.05, 0) is 52.3 Å². The Kier molecular flexibility index (Phi) is 7.94. The molecule has 0 radical (unpaired) electrons. The average molecular weight is 429 g/mol. The number of thiophene rings is 1. The molecule has 3 heterocycles. The number of hydrogen-bond donors (Lipinski definition) is 0. The molecule has 0 spiro atoms. The van der Waals surface area contributed by atoms with Crippen molar-refractivity contribution in [3.63, 3.8) is 0 Å². The van der Waals surface area contributed by atoms with Crippen LogP contribution in [0.3, 0.4) is 0 Å². The van der Waals surface area contributed by atoms with Crippen molar-refractivity contribution in [2.75, 3.05) is 0 Å². The number of hydrogen-bond acceptors (Lipinski definition) is 4. The number of aryl methyl sites for hydroxylation is 2. The second-order valence-corrected chi connectivity index (χ2v) is 8.48. The predicted octanol–water partition coefficient (Wildman–Crippen LogP) is 6.87. The summed E-state index contributed by atoms with van der Waals surface area (Å²) in [5.41, 5.74) is 5.69. The molecule has 154 valence electrons. The topological polar surface area (TPSA) is 43.1 Å². The van der Waals surface area contributed by atoms with Crippen LogP contribution in [0.15, 0.2) is 41.4 Å². The van der Waals surface area contributed by atoms with Crippen molar-refractivity contribution in [1.82, 2.24) is 14.8 Å². The van der Waals surface area contributed by atoms with Crippen molar-refractivity contribution < 1.29 is 0 Å². The van der Waals surface area contributed by atoms with Crippen LogP contribution in [0.2, 0.25) is 5.02 Å². The number of aliphatic imine (C=N–C) groups is 1. The van der Waals surface area contributed by atoms with Gasteiger partial charge in [0.25, 0.3) is 0 Å². The zero-order chi connectivity index (χ0) is 21.7. The third-order valence-electron chi connectivity index (χ3n) is 4.19. The second kappa shape index (κ2) is 9.99. The Morgan fingerprint density at radius 2 is 1.66 bits per heavy atom. The van der Waals surface area contributed by atoms with E-state index >= 15 is 0 Å². The Bertz CT molecular complexity index is 1020. The lowest BCUT2D eigenvalue weighted by Crippen LogP contribution is -2.07. The van der Waals surface area contributed by atoms with Crippen LogP contribution in [-0.4, -0.2) is 20.5 Å². The van der Waals surface area contributed by atoms with Crippen molar-refractivity contribution in [1.29, 1.82) is 0 Å². The zero-order valence-electron chi connectivity index (χ0n) is 18.3. The van der Waals surface area contributed by atoms with Gasteiger partial charge in [-0.1, -0.05) is 43.2 Å². The van der Waals surface area contributed by atoms with Crippen LogP contribution in [0.1, 0.15) is 60.9 Å². The summed E-state index contributed by atoms with van der Waals surface area (Å²) in [6, 6.07) is 7.86. The Hall–Kier alpha value is -2.24. The van der Waals surface area contributed by atoms with Gasteiger partial charge in [0.05, 0.1) is 5.71 Å².